The zero-order valence-electron chi connectivity index (χ0n) is 8.40. The summed E-state index contributed by atoms with van der Waals surface area (Å²) >= 11 is 0. The van der Waals surface area contributed by atoms with Crippen LogP contribution in [0.15, 0.2) is 0 Å². The molecule has 1 aliphatic rings. The van der Waals surface area contributed by atoms with Crippen molar-refractivity contribution in [2.24, 2.45) is 5.92 Å². The van der Waals surface area contributed by atoms with Crippen molar-refractivity contribution in [3.8, 4) is 0 Å². The van der Waals surface area contributed by atoms with Crippen molar-refractivity contribution < 1.29 is 19.8 Å². The zero-order valence-corrected chi connectivity index (χ0v) is 8.40. The van der Waals surface area contributed by atoms with Gasteiger partial charge in [0.15, 0.2) is 0 Å². The number of carboxylic acid groups (broad SMARTS) is 1. The van der Waals surface area contributed by atoms with Crippen molar-refractivity contribution in [1.82, 2.24) is 10.6 Å². The predicted molar refractivity (Wildman–Crippen MR) is 52.4 cm³/mol. The molecule has 6 heteroatoms. The lowest BCUT2D eigenvalue weighted by molar-refractivity contribution is -0.127. The number of amides is 2. The molecule has 0 aromatic rings. The number of rotatable bonds is 4. The minimum atomic E-state index is -1.18. The molecule has 1 fully saturated rings. The van der Waals surface area contributed by atoms with Crippen LogP contribution in [-0.4, -0.2) is 41.4 Å². The average molecular weight is 216 g/mol. The number of aliphatic hydroxyl groups excluding tert-OH is 1. The van der Waals surface area contributed by atoms with E-state index in [0.29, 0.717) is 13.0 Å². The summed E-state index contributed by atoms with van der Waals surface area (Å²) in [5.74, 6) is -0.241. The molecule has 6 nitrogen and oxygen atoms in total. The number of aliphatic hydroxyl groups is 1. The van der Waals surface area contributed by atoms with E-state index in [9.17, 15) is 9.59 Å². The fourth-order valence-corrected chi connectivity index (χ4v) is 1.76. The summed E-state index contributed by atoms with van der Waals surface area (Å²) < 4.78 is 0. The van der Waals surface area contributed by atoms with E-state index in [2.05, 4.69) is 10.6 Å². The molecule has 4 N–H and O–H groups in total. The summed E-state index contributed by atoms with van der Waals surface area (Å²) in [7, 11) is 0. The highest BCUT2D eigenvalue weighted by Crippen LogP contribution is 2.17. The van der Waals surface area contributed by atoms with Gasteiger partial charge in [0.05, 0.1) is 12.6 Å². The first-order chi connectivity index (χ1) is 7.13. The van der Waals surface area contributed by atoms with Crippen LogP contribution < -0.4 is 10.6 Å². The summed E-state index contributed by atoms with van der Waals surface area (Å²) in [5.41, 5.74) is 0. The molecule has 86 valence electrons. The van der Waals surface area contributed by atoms with E-state index < -0.39 is 12.1 Å². The van der Waals surface area contributed by atoms with Gasteiger partial charge in [-0.2, -0.15) is 0 Å². The normalized spacial score (nSPS) is 23.0. The Balaban J connectivity index is 2.42. The van der Waals surface area contributed by atoms with Crippen LogP contribution in [0.5, 0.6) is 0 Å². The standard InChI is InChI=1S/C9H16N2O4/c12-5-7(11-9(14)15)4-6-2-1-3-10-8(6)13/h6-7,11-12H,1-5H2,(H,10,13)(H,14,15)/t6-,7-/m0/s1. The first kappa shape index (κ1) is 11.8. The second-order valence-corrected chi connectivity index (χ2v) is 3.69. The first-order valence-electron chi connectivity index (χ1n) is 5.01. The number of hydrogen-bond acceptors (Lipinski definition) is 3. The van der Waals surface area contributed by atoms with Gasteiger partial charge < -0.3 is 20.8 Å². The van der Waals surface area contributed by atoms with Crippen molar-refractivity contribution in [3.05, 3.63) is 0 Å². The first-order valence-corrected chi connectivity index (χ1v) is 5.01. The van der Waals surface area contributed by atoms with Gasteiger partial charge in [0, 0.05) is 12.5 Å². The minimum Gasteiger partial charge on any atom is -0.465 e. The molecule has 1 aliphatic heterocycles. The lowest BCUT2D eigenvalue weighted by atomic mass is 9.92. The Hall–Kier alpha value is -1.30. The van der Waals surface area contributed by atoms with Crippen LogP contribution in [0.4, 0.5) is 4.79 Å². The van der Waals surface area contributed by atoms with E-state index in [1.807, 2.05) is 0 Å². The van der Waals surface area contributed by atoms with Crippen LogP contribution in [0.25, 0.3) is 0 Å². The summed E-state index contributed by atoms with van der Waals surface area (Å²) in [6.07, 6.45) is 0.838. The third-order valence-electron chi connectivity index (χ3n) is 2.52. The summed E-state index contributed by atoms with van der Waals surface area (Å²) in [6, 6.07) is -0.559. The van der Waals surface area contributed by atoms with Crippen molar-refractivity contribution in [3.63, 3.8) is 0 Å². The Kier molecular flexibility index (Phi) is 4.36. The monoisotopic (exact) mass is 216 g/mol. The summed E-state index contributed by atoms with van der Waals surface area (Å²) in [6.45, 7) is 0.404. The van der Waals surface area contributed by atoms with E-state index in [4.69, 9.17) is 10.2 Å². The number of piperidine rings is 1. The highest BCUT2D eigenvalue weighted by atomic mass is 16.4. The SMILES string of the molecule is O=C(O)N[C@H](CO)C[C@@H]1CCCNC1=O. The van der Waals surface area contributed by atoms with Crippen molar-refractivity contribution in [2.45, 2.75) is 25.3 Å². The van der Waals surface area contributed by atoms with Gasteiger partial charge in [-0.1, -0.05) is 0 Å². The lowest BCUT2D eigenvalue weighted by Crippen LogP contribution is -2.43. The molecule has 0 saturated carbocycles. The minimum absolute atomic E-state index is 0.0492. The molecule has 1 rings (SSSR count). The molecule has 0 unspecified atom stereocenters. The van der Waals surface area contributed by atoms with Gasteiger partial charge >= 0.3 is 6.09 Å². The topological polar surface area (TPSA) is 98.7 Å². The molecule has 0 aliphatic carbocycles. The van der Waals surface area contributed by atoms with E-state index >= 15 is 0 Å². The Morgan fingerprint density at radius 2 is 2.40 bits per heavy atom. The Morgan fingerprint density at radius 1 is 1.67 bits per heavy atom. The van der Waals surface area contributed by atoms with E-state index in [-0.39, 0.29) is 18.4 Å². The molecule has 2 amide bonds. The second kappa shape index (κ2) is 5.55. The van der Waals surface area contributed by atoms with Gasteiger partial charge in [0.1, 0.15) is 0 Å². The highest BCUT2D eigenvalue weighted by molar-refractivity contribution is 5.79. The van der Waals surface area contributed by atoms with Crippen LogP contribution >= 0.6 is 0 Å². The van der Waals surface area contributed by atoms with Crippen LogP contribution in [-0.2, 0) is 4.79 Å². The molecule has 0 aromatic carbocycles. The molecule has 0 aromatic heterocycles. The van der Waals surface area contributed by atoms with Crippen molar-refractivity contribution in [2.75, 3.05) is 13.2 Å². The zero-order chi connectivity index (χ0) is 11.3. The third kappa shape index (κ3) is 3.75. The maximum absolute atomic E-state index is 11.4. The number of hydrogen-bond donors (Lipinski definition) is 4. The maximum Gasteiger partial charge on any atom is 0.404 e. The average Bonchev–Trinajstić information content (AvgIpc) is 2.19. The van der Waals surface area contributed by atoms with Crippen LogP contribution in [0.3, 0.4) is 0 Å². The number of carbonyl (C=O) groups is 2. The van der Waals surface area contributed by atoms with Crippen LogP contribution in [0.2, 0.25) is 0 Å². The Morgan fingerprint density at radius 3 is 2.93 bits per heavy atom. The smallest absolute Gasteiger partial charge is 0.404 e. The molecule has 2 atom stereocenters. The Labute approximate surface area is 87.7 Å². The summed E-state index contributed by atoms with van der Waals surface area (Å²) in [4.78, 5) is 21.7. The molecule has 1 saturated heterocycles. The lowest BCUT2D eigenvalue weighted by Gasteiger charge is -2.25. The molecule has 0 bridgehead atoms. The van der Waals surface area contributed by atoms with Crippen molar-refractivity contribution >= 4 is 12.0 Å². The largest absolute Gasteiger partial charge is 0.465 e. The molecule has 0 radical (unpaired) electrons. The summed E-state index contributed by atoms with van der Waals surface area (Å²) in [5, 5.41) is 22.3. The fourth-order valence-electron chi connectivity index (χ4n) is 1.76. The molecule has 15 heavy (non-hydrogen) atoms. The van der Waals surface area contributed by atoms with Gasteiger partial charge in [-0.05, 0) is 19.3 Å². The van der Waals surface area contributed by atoms with Gasteiger partial charge in [-0.3, -0.25) is 4.79 Å². The maximum atomic E-state index is 11.4. The second-order valence-electron chi connectivity index (χ2n) is 3.69. The van der Waals surface area contributed by atoms with Crippen LogP contribution in [0.1, 0.15) is 19.3 Å². The van der Waals surface area contributed by atoms with Gasteiger partial charge in [0.25, 0.3) is 0 Å². The van der Waals surface area contributed by atoms with E-state index in [0.717, 1.165) is 12.8 Å². The molecule has 1 heterocycles. The van der Waals surface area contributed by atoms with Crippen molar-refractivity contribution in [1.29, 1.82) is 0 Å². The van der Waals surface area contributed by atoms with Gasteiger partial charge in [-0.25, -0.2) is 4.79 Å². The van der Waals surface area contributed by atoms with Gasteiger partial charge in [0.2, 0.25) is 5.91 Å². The van der Waals surface area contributed by atoms with E-state index in [1.165, 1.54) is 0 Å². The van der Waals surface area contributed by atoms with E-state index in [1.54, 1.807) is 0 Å². The predicted octanol–water partition coefficient (Wildman–Crippen LogP) is -0.469. The molecule has 0 spiro atoms. The molecular formula is C9H16N2O4. The number of nitrogens with one attached hydrogen (secondary N) is 2. The fraction of sp³-hybridized carbons (Fsp3) is 0.778. The molecular weight excluding hydrogens is 200 g/mol. The highest BCUT2D eigenvalue weighted by Gasteiger charge is 2.25. The third-order valence-corrected chi connectivity index (χ3v) is 2.52. The number of carbonyl (C=O) groups excluding carboxylic acids is 1. The van der Waals surface area contributed by atoms with Crippen LogP contribution in [0, 0.1) is 5.92 Å². The Bertz CT molecular complexity index is 244. The quantitative estimate of drug-likeness (QED) is 0.510. The van der Waals surface area contributed by atoms with Gasteiger partial charge in [-0.15, -0.1) is 0 Å².